The number of thiophene rings is 2. The summed E-state index contributed by atoms with van der Waals surface area (Å²) < 4.78 is 0. The van der Waals surface area contributed by atoms with Crippen LogP contribution in [-0.2, 0) is 6.54 Å². The minimum atomic E-state index is 0.0103. The van der Waals surface area contributed by atoms with E-state index < -0.39 is 0 Å². The van der Waals surface area contributed by atoms with E-state index in [0.717, 1.165) is 16.3 Å². The van der Waals surface area contributed by atoms with Crippen LogP contribution in [0.4, 0.5) is 0 Å². The van der Waals surface area contributed by atoms with Gasteiger partial charge in [0.05, 0.1) is 28.4 Å². The lowest BCUT2D eigenvalue weighted by Crippen LogP contribution is -2.26. The van der Waals surface area contributed by atoms with Gasteiger partial charge in [0.1, 0.15) is 0 Å². The third-order valence-electron chi connectivity index (χ3n) is 3.41. The summed E-state index contributed by atoms with van der Waals surface area (Å²) in [4.78, 5) is 21.2. The number of hydrogen-bond acceptors (Lipinski definition) is 4. The highest BCUT2D eigenvalue weighted by atomic mass is 32.1. The zero-order valence-electron chi connectivity index (χ0n) is 12.4. The molecule has 0 aliphatic carbocycles. The van der Waals surface area contributed by atoms with Crippen molar-refractivity contribution >= 4 is 28.6 Å². The molecule has 0 radical (unpaired) electrons. The van der Waals surface area contributed by atoms with Crippen LogP contribution in [0.1, 0.15) is 20.9 Å². The lowest BCUT2D eigenvalue weighted by atomic mass is 10.1. The molecule has 3 rings (SSSR count). The quantitative estimate of drug-likeness (QED) is 0.709. The van der Waals surface area contributed by atoms with Crippen LogP contribution in [0.15, 0.2) is 47.2 Å². The monoisotopic (exact) mass is 328 g/mol. The summed E-state index contributed by atoms with van der Waals surface area (Å²) in [7, 11) is 1.83. The number of carbonyl (C=O) groups excluding carboxylic acids is 1. The number of nitrogens with zero attached hydrogens (tertiary/aromatic N) is 2. The van der Waals surface area contributed by atoms with Crippen molar-refractivity contribution < 1.29 is 4.79 Å². The Morgan fingerprint density at radius 1 is 1.14 bits per heavy atom. The Labute approximate surface area is 137 Å². The molecule has 3 aromatic rings. The molecule has 3 heterocycles. The van der Waals surface area contributed by atoms with Crippen LogP contribution in [0, 0.1) is 6.92 Å². The largest absolute Gasteiger partial charge is 0.337 e. The highest BCUT2D eigenvalue weighted by Crippen LogP contribution is 2.24. The molecule has 0 spiro atoms. The van der Waals surface area contributed by atoms with E-state index in [9.17, 15) is 4.79 Å². The van der Waals surface area contributed by atoms with Gasteiger partial charge in [0.25, 0.3) is 5.91 Å². The molecule has 0 saturated carbocycles. The molecule has 0 aliphatic rings. The average Bonchev–Trinajstić information content (AvgIpc) is 3.19. The number of hydrogen-bond donors (Lipinski definition) is 0. The molecule has 0 saturated heterocycles. The minimum absolute atomic E-state index is 0.0103. The number of carbonyl (C=O) groups is 1. The van der Waals surface area contributed by atoms with Crippen LogP contribution < -0.4 is 0 Å². The van der Waals surface area contributed by atoms with E-state index in [1.54, 1.807) is 27.6 Å². The van der Waals surface area contributed by atoms with Gasteiger partial charge in [-0.15, -0.1) is 22.7 Å². The summed E-state index contributed by atoms with van der Waals surface area (Å²) in [6.07, 6.45) is 0. The molecule has 0 N–H and O–H groups in total. The van der Waals surface area contributed by atoms with Gasteiger partial charge in [-0.1, -0.05) is 12.1 Å². The second kappa shape index (κ2) is 6.42. The van der Waals surface area contributed by atoms with E-state index in [-0.39, 0.29) is 5.91 Å². The van der Waals surface area contributed by atoms with Gasteiger partial charge < -0.3 is 4.90 Å². The third-order valence-corrected chi connectivity index (χ3v) is 5.16. The van der Waals surface area contributed by atoms with E-state index in [1.165, 1.54) is 4.88 Å². The Morgan fingerprint density at radius 2 is 1.91 bits per heavy atom. The maximum Gasteiger partial charge on any atom is 0.255 e. The molecule has 3 aromatic heterocycles. The topological polar surface area (TPSA) is 33.2 Å². The zero-order chi connectivity index (χ0) is 15.5. The first-order valence-corrected chi connectivity index (χ1v) is 8.70. The Hall–Kier alpha value is -1.98. The Bertz CT molecular complexity index is 764. The van der Waals surface area contributed by atoms with Gasteiger partial charge in [0, 0.05) is 11.9 Å². The molecule has 0 atom stereocenters. The van der Waals surface area contributed by atoms with Crippen LogP contribution in [0.3, 0.4) is 0 Å². The van der Waals surface area contributed by atoms with Gasteiger partial charge in [-0.25, -0.2) is 0 Å². The van der Waals surface area contributed by atoms with E-state index in [1.807, 2.05) is 61.1 Å². The number of amides is 1. The fraction of sp³-hybridized carbons (Fsp3) is 0.176. The highest BCUT2D eigenvalue weighted by Gasteiger charge is 2.16. The molecule has 3 nitrogen and oxygen atoms in total. The maximum absolute atomic E-state index is 12.6. The maximum atomic E-state index is 12.6. The molecule has 1 amide bonds. The fourth-order valence-corrected chi connectivity index (χ4v) is 3.71. The van der Waals surface area contributed by atoms with Crippen molar-refractivity contribution in [2.45, 2.75) is 13.5 Å². The number of rotatable bonds is 4. The van der Waals surface area contributed by atoms with Crippen molar-refractivity contribution in [3.63, 3.8) is 0 Å². The molecule has 22 heavy (non-hydrogen) atoms. The van der Waals surface area contributed by atoms with Crippen molar-refractivity contribution in [1.82, 2.24) is 9.88 Å². The van der Waals surface area contributed by atoms with Crippen molar-refractivity contribution in [3.05, 3.63) is 63.3 Å². The molecule has 112 valence electrons. The van der Waals surface area contributed by atoms with Crippen LogP contribution in [0.5, 0.6) is 0 Å². The predicted octanol–water partition coefficient (Wildman–Crippen LogP) is 4.45. The first-order chi connectivity index (χ1) is 10.6. The third kappa shape index (κ3) is 3.10. The number of pyridine rings is 1. The van der Waals surface area contributed by atoms with Gasteiger partial charge in [-0.3, -0.25) is 9.78 Å². The molecular weight excluding hydrogens is 312 g/mol. The standard InChI is InChI=1S/C17H16N2OS2/c1-12-14(7-8-15(18-12)16-6-4-10-22-16)17(20)19(2)11-13-5-3-9-21-13/h3-10H,11H2,1-2H3. The first kappa shape index (κ1) is 14.9. The average molecular weight is 328 g/mol. The van der Waals surface area contributed by atoms with Crippen molar-refractivity contribution in [3.8, 4) is 10.6 Å². The van der Waals surface area contributed by atoms with Gasteiger partial charge in [0.15, 0.2) is 0 Å². The normalized spacial score (nSPS) is 10.6. The SMILES string of the molecule is Cc1nc(-c2cccs2)ccc1C(=O)N(C)Cc1cccs1. The minimum Gasteiger partial charge on any atom is -0.337 e. The van der Waals surface area contributed by atoms with E-state index >= 15 is 0 Å². The number of aromatic nitrogens is 1. The van der Waals surface area contributed by atoms with Crippen molar-refractivity contribution in [1.29, 1.82) is 0 Å². The summed E-state index contributed by atoms with van der Waals surface area (Å²) in [6, 6.07) is 11.9. The van der Waals surface area contributed by atoms with Crippen LogP contribution in [0.25, 0.3) is 10.6 Å². The van der Waals surface area contributed by atoms with Crippen LogP contribution in [-0.4, -0.2) is 22.8 Å². The second-order valence-corrected chi connectivity index (χ2v) is 7.03. The van der Waals surface area contributed by atoms with E-state index in [4.69, 9.17) is 0 Å². The lowest BCUT2D eigenvalue weighted by Gasteiger charge is -2.17. The lowest BCUT2D eigenvalue weighted by molar-refractivity contribution is 0.0785. The molecule has 5 heteroatoms. The van der Waals surface area contributed by atoms with Gasteiger partial charge >= 0.3 is 0 Å². The molecule has 0 aliphatic heterocycles. The van der Waals surface area contributed by atoms with Crippen LogP contribution in [0.2, 0.25) is 0 Å². The second-order valence-electron chi connectivity index (χ2n) is 5.05. The van der Waals surface area contributed by atoms with Gasteiger partial charge in [-0.2, -0.15) is 0 Å². The van der Waals surface area contributed by atoms with E-state index in [2.05, 4.69) is 4.98 Å². The number of aryl methyl sites for hydroxylation is 1. The first-order valence-electron chi connectivity index (χ1n) is 6.94. The molecular formula is C17H16N2OS2. The summed E-state index contributed by atoms with van der Waals surface area (Å²) in [5, 5.41) is 4.05. The van der Waals surface area contributed by atoms with Crippen molar-refractivity contribution in [2.24, 2.45) is 0 Å². The molecule has 0 unspecified atom stereocenters. The summed E-state index contributed by atoms with van der Waals surface area (Å²) in [5.74, 6) is 0.0103. The highest BCUT2D eigenvalue weighted by molar-refractivity contribution is 7.13. The molecule has 0 aromatic carbocycles. The van der Waals surface area contributed by atoms with E-state index in [0.29, 0.717) is 12.1 Å². The molecule has 0 bridgehead atoms. The van der Waals surface area contributed by atoms with Gasteiger partial charge in [-0.05, 0) is 41.9 Å². The Balaban J connectivity index is 1.80. The predicted molar refractivity (Wildman–Crippen MR) is 92.4 cm³/mol. The smallest absolute Gasteiger partial charge is 0.255 e. The summed E-state index contributed by atoms with van der Waals surface area (Å²) >= 11 is 3.31. The molecule has 0 fully saturated rings. The zero-order valence-corrected chi connectivity index (χ0v) is 14.1. The summed E-state index contributed by atoms with van der Waals surface area (Å²) in [5.41, 5.74) is 2.36. The van der Waals surface area contributed by atoms with Crippen molar-refractivity contribution in [2.75, 3.05) is 7.05 Å². The van der Waals surface area contributed by atoms with Gasteiger partial charge in [0.2, 0.25) is 0 Å². The van der Waals surface area contributed by atoms with Crippen LogP contribution >= 0.6 is 22.7 Å². The summed E-state index contributed by atoms with van der Waals surface area (Å²) in [6.45, 7) is 2.52. The fourth-order valence-electron chi connectivity index (χ4n) is 2.26. The Morgan fingerprint density at radius 3 is 2.55 bits per heavy atom. The Kier molecular flexibility index (Phi) is 4.36.